The molecule has 158 valence electrons. The molecule has 2 amide bonds. The second-order valence-corrected chi connectivity index (χ2v) is 9.80. The third kappa shape index (κ3) is 5.41. The first-order valence-corrected chi connectivity index (χ1v) is 11.8. The number of halogens is 1. The van der Waals surface area contributed by atoms with E-state index < -0.39 is 28.5 Å². The van der Waals surface area contributed by atoms with Crippen molar-refractivity contribution in [2.45, 2.75) is 4.90 Å². The summed E-state index contributed by atoms with van der Waals surface area (Å²) >= 11 is 7.21. The van der Waals surface area contributed by atoms with Crippen molar-refractivity contribution in [3.63, 3.8) is 0 Å². The lowest BCUT2D eigenvalue weighted by Gasteiger charge is -2.33. The molecule has 2 aliphatic heterocycles. The summed E-state index contributed by atoms with van der Waals surface area (Å²) in [5.74, 6) is -0.389. The Morgan fingerprint density at radius 2 is 1.76 bits per heavy atom. The summed E-state index contributed by atoms with van der Waals surface area (Å²) in [5, 5.41) is 0.446. The van der Waals surface area contributed by atoms with E-state index in [4.69, 9.17) is 16.3 Å². The second-order valence-electron chi connectivity index (χ2n) is 6.47. The van der Waals surface area contributed by atoms with Crippen LogP contribution in [0.1, 0.15) is 0 Å². The van der Waals surface area contributed by atoms with Gasteiger partial charge < -0.3 is 14.5 Å². The van der Waals surface area contributed by atoms with Crippen LogP contribution in [0.5, 0.6) is 0 Å². The van der Waals surface area contributed by atoms with Gasteiger partial charge in [-0.1, -0.05) is 11.6 Å². The van der Waals surface area contributed by atoms with Crippen LogP contribution in [-0.2, 0) is 29.1 Å². The van der Waals surface area contributed by atoms with Crippen LogP contribution in [0.4, 0.5) is 0 Å². The molecule has 0 atom stereocenters. The molecule has 3 rings (SSSR count). The second kappa shape index (κ2) is 9.33. The Hall–Kier alpha value is -1.82. The lowest BCUT2D eigenvalue weighted by atomic mass is 10.3. The number of nitrogens with zero attached hydrogens (tertiary/aromatic N) is 3. The number of sulfonamides is 1. The van der Waals surface area contributed by atoms with Gasteiger partial charge in [-0.25, -0.2) is 8.42 Å². The van der Waals surface area contributed by atoms with E-state index in [9.17, 15) is 22.8 Å². The van der Waals surface area contributed by atoms with Crippen molar-refractivity contribution in [2.75, 3.05) is 51.0 Å². The van der Waals surface area contributed by atoms with Crippen LogP contribution in [0.2, 0.25) is 5.02 Å². The third-order valence-corrected chi connectivity index (χ3v) is 7.65. The molecule has 0 spiro atoms. The van der Waals surface area contributed by atoms with Crippen LogP contribution in [0.3, 0.4) is 0 Å². The van der Waals surface area contributed by atoms with Gasteiger partial charge in [0, 0.05) is 31.2 Å². The van der Waals surface area contributed by atoms with E-state index in [1.807, 2.05) is 0 Å². The minimum Gasteiger partial charge on any atom is -0.454 e. The molecule has 2 fully saturated rings. The zero-order valence-corrected chi connectivity index (χ0v) is 17.8. The maximum absolute atomic E-state index is 12.7. The van der Waals surface area contributed by atoms with Gasteiger partial charge in [0.05, 0.1) is 16.5 Å². The number of piperazine rings is 1. The Labute approximate surface area is 177 Å². The average Bonchev–Trinajstić information content (AvgIpc) is 3.11. The lowest BCUT2D eigenvalue weighted by Crippen LogP contribution is -2.51. The highest BCUT2D eigenvalue weighted by Gasteiger charge is 2.30. The van der Waals surface area contributed by atoms with E-state index in [1.54, 1.807) is 0 Å². The van der Waals surface area contributed by atoms with Gasteiger partial charge >= 0.3 is 5.97 Å². The van der Waals surface area contributed by atoms with Gasteiger partial charge in [-0.3, -0.25) is 14.4 Å². The molecule has 1 aromatic carbocycles. The number of carbonyl (C=O) groups excluding carboxylic acids is 3. The number of ether oxygens (including phenoxy) is 1. The molecule has 9 nitrogen and oxygen atoms in total. The van der Waals surface area contributed by atoms with Crippen LogP contribution in [0, 0.1) is 0 Å². The lowest BCUT2D eigenvalue weighted by molar-refractivity contribution is -0.154. The molecule has 2 aliphatic rings. The predicted octanol–water partition coefficient (Wildman–Crippen LogP) is 0.249. The Morgan fingerprint density at radius 3 is 2.34 bits per heavy atom. The van der Waals surface area contributed by atoms with Crippen LogP contribution in [0.15, 0.2) is 29.2 Å². The summed E-state index contributed by atoms with van der Waals surface area (Å²) in [6.07, 6.45) is 0. The molecule has 0 unspecified atom stereocenters. The first kappa shape index (κ1) is 21.9. The molecule has 0 aromatic heterocycles. The van der Waals surface area contributed by atoms with Gasteiger partial charge in [0.15, 0.2) is 6.61 Å². The predicted molar refractivity (Wildman–Crippen MR) is 107 cm³/mol. The van der Waals surface area contributed by atoms with Crippen molar-refractivity contribution in [2.24, 2.45) is 0 Å². The third-order valence-electron chi connectivity index (χ3n) is 4.54. The molecular weight excluding hydrogens is 442 g/mol. The Morgan fingerprint density at radius 1 is 1.10 bits per heavy atom. The number of benzene rings is 1. The van der Waals surface area contributed by atoms with Gasteiger partial charge in [-0.2, -0.15) is 4.31 Å². The molecule has 2 heterocycles. The topological polar surface area (TPSA) is 104 Å². The average molecular weight is 462 g/mol. The smallest absolute Gasteiger partial charge is 0.326 e. The highest BCUT2D eigenvalue weighted by molar-refractivity contribution is 8.00. The number of thioether (sulfide) groups is 1. The molecule has 12 heteroatoms. The summed E-state index contributed by atoms with van der Waals surface area (Å²) in [4.78, 5) is 38.5. The number of hydrogen-bond acceptors (Lipinski definition) is 7. The molecule has 1 aromatic rings. The van der Waals surface area contributed by atoms with Crippen molar-refractivity contribution < 1.29 is 27.5 Å². The highest BCUT2D eigenvalue weighted by Crippen LogP contribution is 2.20. The molecule has 29 heavy (non-hydrogen) atoms. The van der Waals surface area contributed by atoms with Gasteiger partial charge in [-0.15, -0.1) is 11.8 Å². The summed E-state index contributed by atoms with van der Waals surface area (Å²) in [5.41, 5.74) is 0. The van der Waals surface area contributed by atoms with Crippen molar-refractivity contribution in [3.05, 3.63) is 29.3 Å². The van der Waals surface area contributed by atoms with Crippen molar-refractivity contribution in [1.82, 2.24) is 14.1 Å². The fourth-order valence-electron chi connectivity index (χ4n) is 2.91. The monoisotopic (exact) mass is 461 g/mol. The van der Waals surface area contributed by atoms with Crippen molar-refractivity contribution >= 4 is 51.2 Å². The Balaban J connectivity index is 1.46. The van der Waals surface area contributed by atoms with Gasteiger partial charge in [-0.05, 0) is 24.3 Å². The molecule has 0 radical (unpaired) electrons. The van der Waals surface area contributed by atoms with Crippen LogP contribution < -0.4 is 0 Å². The van der Waals surface area contributed by atoms with Crippen LogP contribution in [0.25, 0.3) is 0 Å². The fraction of sp³-hybridized carbons (Fsp3) is 0.471. The molecular formula is C17H20ClN3O6S2. The molecule has 0 saturated carbocycles. The zero-order chi connectivity index (χ0) is 21.0. The molecule has 2 saturated heterocycles. The number of rotatable bonds is 6. The number of hydrogen-bond donors (Lipinski definition) is 0. The molecule has 0 N–H and O–H groups in total. The van der Waals surface area contributed by atoms with E-state index in [2.05, 4.69) is 0 Å². The Bertz CT molecular complexity index is 885. The van der Waals surface area contributed by atoms with Gasteiger partial charge in [0.25, 0.3) is 5.91 Å². The summed E-state index contributed by atoms with van der Waals surface area (Å²) in [6.45, 7) is 0.0768. The first-order chi connectivity index (χ1) is 13.8. The summed E-state index contributed by atoms with van der Waals surface area (Å²) in [7, 11) is -3.66. The fourth-order valence-corrected chi connectivity index (χ4v) is 5.36. The van der Waals surface area contributed by atoms with Crippen molar-refractivity contribution in [1.29, 1.82) is 0 Å². The molecule has 0 aliphatic carbocycles. The zero-order valence-electron chi connectivity index (χ0n) is 15.5. The maximum Gasteiger partial charge on any atom is 0.326 e. The number of carbonyl (C=O) groups is 3. The summed E-state index contributed by atoms with van der Waals surface area (Å²) < 4.78 is 31.6. The summed E-state index contributed by atoms with van der Waals surface area (Å²) in [6, 6.07) is 5.91. The standard InChI is InChI=1S/C17H20ClN3O6S2/c18-13-1-3-14(4-2-13)29(25,26)21-7-5-19(6-8-21)15(22)10-27-17(24)9-20-12-28-11-16(20)23/h1-4H,5-12H2. The van der Waals surface area contributed by atoms with E-state index >= 15 is 0 Å². The van der Waals surface area contributed by atoms with Gasteiger partial charge in [0.2, 0.25) is 15.9 Å². The van der Waals surface area contributed by atoms with Gasteiger partial charge in [0.1, 0.15) is 6.54 Å². The normalized spacial score (nSPS) is 18.2. The number of esters is 1. The van der Waals surface area contributed by atoms with Crippen LogP contribution in [-0.4, -0.2) is 91.3 Å². The van der Waals surface area contributed by atoms with E-state index in [0.717, 1.165) is 0 Å². The van der Waals surface area contributed by atoms with Crippen LogP contribution >= 0.6 is 23.4 Å². The molecule has 0 bridgehead atoms. The minimum atomic E-state index is -3.66. The maximum atomic E-state index is 12.7. The number of amides is 2. The minimum absolute atomic E-state index is 0.128. The van der Waals surface area contributed by atoms with Crippen molar-refractivity contribution in [3.8, 4) is 0 Å². The SMILES string of the molecule is O=C(CN1CSCC1=O)OCC(=O)N1CCN(S(=O)(=O)c2ccc(Cl)cc2)CC1. The first-order valence-electron chi connectivity index (χ1n) is 8.82. The van der Waals surface area contributed by atoms with E-state index in [-0.39, 0.29) is 43.5 Å². The highest BCUT2D eigenvalue weighted by atomic mass is 35.5. The Kier molecular flexibility index (Phi) is 7.04. The largest absolute Gasteiger partial charge is 0.454 e. The van der Waals surface area contributed by atoms with E-state index in [0.29, 0.717) is 16.7 Å². The quantitative estimate of drug-likeness (QED) is 0.559. The van der Waals surface area contributed by atoms with E-state index in [1.165, 1.54) is 50.1 Å².